The van der Waals surface area contributed by atoms with Gasteiger partial charge in [-0.15, -0.1) is 5.10 Å². The number of nitrogens with zero attached hydrogens (tertiary/aromatic N) is 3. The average molecular weight is 458 g/mol. The molecule has 3 nitrogen and oxygen atoms in total. The van der Waals surface area contributed by atoms with E-state index in [1.165, 1.54) is 6.07 Å². The summed E-state index contributed by atoms with van der Waals surface area (Å²) in [6.45, 7) is 0. The number of benzene rings is 4. The smallest absolute Gasteiger partial charge is 0.154 e. The molecule has 0 radical (unpaired) electrons. The first-order valence-corrected chi connectivity index (χ1v) is 10.4. The van der Waals surface area contributed by atoms with Crippen LogP contribution in [-0.2, 0) is 5.54 Å². The van der Waals surface area contributed by atoms with Crippen LogP contribution in [0.25, 0.3) is 11.0 Å². The van der Waals surface area contributed by atoms with E-state index in [9.17, 15) is 4.39 Å². The third-order valence-electron chi connectivity index (χ3n) is 5.36. The van der Waals surface area contributed by atoms with Crippen molar-refractivity contribution in [2.45, 2.75) is 5.54 Å². The van der Waals surface area contributed by atoms with Gasteiger partial charge in [0.05, 0.1) is 5.52 Å². The Morgan fingerprint density at radius 2 is 1.17 bits per heavy atom. The quantitative estimate of drug-likeness (QED) is 0.302. The Balaban J connectivity index is 1.98. The molecule has 1 heterocycles. The number of halogens is 2. The Bertz CT molecular complexity index is 1210. The first kappa shape index (κ1) is 18.7. The van der Waals surface area contributed by atoms with Crippen LogP contribution < -0.4 is 0 Å². The molecule has 0 aliphatic rings. The largest absolute Gasteiger partial charge is 0.225 e. The summed E-state index contributed by atoms with van der Waals surface area (Å²) in [7, 11) is 0. The van der Waals surface area contributed by atoms with Crippen molar-refractivity contribution < 1.29 is 4.39 Å². The third kappa shape index (κ3) is 2.85. The lowest BCUT2D eigenvalue weighted by molar-refractivity contribution is 0.460. The van der Waals surface area contributed by atoms with Crippen molar-refractivity contribution >= 4 is 27.0 Å². The lowest BCUT2D eigenvalue weighted by atomic mass is 9.77. The maximum absolute atomic E-state index is 14.7. The Morgan fingerprint density at radius 3 is 1.63 bits per heavy atom. The zero-order valence-electron chi connectivity index (χ0n) is 15.9. The molecular formula is C25H17BrFN3. The molecule has 5 aromatic rings. The second-order valence-corrected chi connectivity index (χ2v) is 7.98. The average Bonchev–Trinajstić information content (AvgIpc) is 3.21. The van der Waals surface area contributed by atoms with E-state index >= 15 is 0 Å². The fourth-order valence-electron chi connectivity index (χ4n) is 4.10. The van der Waals surface area contributed by atoms with E-state index in [0.29, 0.717) is 9.99 Å². The molecule has 0 unspecified atom stereocenters. The molecule has 0 fully saturated rings. The summed E-state index contributed by atoms with van der Waals surface area (Å²) in [5.41, 5.74) is 3.05. The van der Waals surface area contributed by atoms with Crippen LogP contribution in [0.15, 0.2) is 108 Å². The molecule has 4 aromatic carbocycles. The van der Waals surface area contributed by atoms with Crippen LogP contribution in [0.1, 0.15) is 16.7 Å². The molecule has 0 saturated heterocycles. The highest BCUT2D eigenvalue weighted by atomic mass is 79.9. The molecule has 0 aliphatic carbocycles. The SMILES string of the molecule is Fc1cc(Br)cc2c1nnn2C(c1ccccc1)(c1ccccc1)c1ccccc1. The van der Waals surface area contributed by atoms with Crippen molar-refractivity contribution in [3.05, 3.63) is 130 Å². The third-order valence-corrected chi connectivity index (χ3v) is 5.82. The van der Waals surface area contributed by atoms with Crippen molar-refractivity contribution in [2.75, 3.05) is 0 Å². The molecule has 0 spiro atoms. The minimum absolute atomic E-state index is 0.241. The maximum Gasteiger partial charge on any atom is 0.154 e. The van der Waals surface area contributed by atoms with Gasteiger partial charge in [0, 0.05) is 4.47 Å². The van der Waals surface area contributed by atoms with Crippen LogP contribution in [-0.4, -0.2) is 15.0 Å². The van der Waals surface area contributed by atoms with Gasteiger partial charge in [-0.25, -0.2) is 9.07 Å². The van der Waals surface area contributed by atoms with Crippen LogP contribution in [0.2, 0.25) is 0 Å². The van der Waals surface area contributed by atoms with Crippen LogP contribution >= 0.6 is 15.9 Å². The monoisotopic (exact) mass is 457 g/mol. The lowest BCUT2D eigenvalue weighted by Gasteiger charge is -2.36. The molecule has 0 N–H and O–H groups in total. The highest BCUT2D eigenvalue weighted by Crippen LogP contribution is 2.42. The first-order valence-electron chi connectivity index (χ1n) is 9.59. The van der Waals surface area contributed by atoms with E-state index in [1.54, 1.807) is 0 Å². The standard InChI is InChI=1S/C25H17BrFN3/c26-21-16-22(27)24-23(17-21)30(29-28-24)25(18-10-4-1-5-11-18,19-12-6-2-7-13-19)20-14-8-3-9-15-20/h1-17H. The highest BCUT2D eigenvalue weighted by molar-refractivity contribution is 9.10. The Labute approximate surface area is 181 Å². The van der Waals surface area contributed by atoms with E-state index in [0.717, 1.165) is 16.7 Å². The maximum atomic E-state index is 14.7. The minimum atomic E-state index is -0.828. The molecule has 0 bridgehead atoms. The van der Waals surface area contributed by atoms with Gasteiger partial charge in [0.25, 0.3) is 0 Å². The van der Waals surface area contributed by atoms with Crippen LogP contribution in [0, 0.1) is 5.82 Å². The van der Waals surface area contributed by atoms with Gasteiger partial charge in [0.1, 0.15) is 11.1 Å². The normalized spacial score (nSPS) is 11.7. The highest BCUT2D eigenvalue weighted by Gasteiger charge is 2.40. The topological polar surface area (TPSA) is 30.7 Å². The lowest BCUT2D eigenvalue weighted by Crippen LogP contribution is -2.38. The Hall–Kier alpha value is -3.31. The van der Waals surface area contributed by atoms with Crippen molar-refractivity contribution in [1.29, 1.82) is 0 Å². The van der Waals surface area contributed by atoms with Crippen molar-refractivity contribution in [3.8, 4) is 0 Å². The van der Waals surface area contributed by atoms with Crippen LogP contribution in [0.4, 0.5) is 4.39 Å². The molecule has 5 heteroatoms. The predicted octanol–water partition coefficient (Wildman–Crippen LogP) is 6.17. The molecular weight excluding hydrogens is 441 g/mol. The Kier molecular flexibility index (Phi) is 4.68. The van der Waals surface area contributed by atoms with E-state index in [4.69, 9.17) is 0 Å². The summed E-state index contributed by atoms with van der Waals surface area (Å²) in [6.07, 6.45) is 0. The van der Waals surface area contributed by atoms with E-state index in [1.807, 2.05) is 65.3 Å². The van der Waals surface area contributed by atoms with Gasteiger partial charge in [-0.2, -0.15) is 0 Å². The van der Waals surface area contributed by atoms with E-state index in [2.05, 4.69) is 62.6 Å². The van der Waals surface area contributed by atoms with Gasteiger partial charge in [-0.3, -0.25) is 0 Å². The van der Waals surface area contributed by atoms with Gasteiger partial charge >= 0.3 is 0 Å². The number of rotatable bonds is 4. The zero-order valence-corrected chi connectivity index (χ0v) is 17.5. The second kappa shape index (κ2) is 7.50. The molecule has 0 aliphatic heterocycles. The molecule has 30 heavy (non-hydrogen) atoms. The molecule has 0 amide bonds. The molecule has 0 saturated carbocycles. The van der Waals surface area contributed by atoms with Crippen LogP contribution in [0.5, 0.6) is 0 Å². The van der Waals surface area contributed by atoms with E-state index < -0.39 is 11.4 Å². The summed E-state index contributed by atoms with van der Waals surface area (Å²) in [5.74, 6) is -0.409. The van der Waals surface area contributed by atoms with Gasteiger partial charge in [0.2, 0.25) is 0 Å². The van der Waals surface area contributed by atoms with Gasteiger partial charge in [0.15, 0.2) is 5.82 Å². The number of aromatic nitrogens is 3. The molecule has 146 valence electrons. The molecule has 5 rings (SSSR count). The molecule has 1 aromatic heterocycles. The fourth-order valence-corrected chi connectivity index (χ4v) is 4.52. The number of hydrogen-bond donors (Lipinski definition) is 0. The van der Waals surface area contributed by atoms with Gasteiger partial charge < -0.3 is 0 Å². The number of fused-ring (bicyclic) bond motifs is 1. The molecule has 0 atom stereocenters. The van der Waals surface area contributed by atoms with Crippen molar-refractivity contribution in [3.63, 3.8) is 0 Å². The minimum Gasteiger partial charge on any atom is -0.225 e. The van der Waals surface area contributed by atoms with Crippen LogP contribution in [0.3, 0.4) is 0 Å². The van der Waals surface area contributed by atoms with E-state index in [-0.39, 0.29) is 5.52 Å². The predicted molar refractivity (Wildman–Crippen MR) is 120 cm³/mol. The summed E-state index contributed by atoms with van der Waals surface area (Å²) in [5, 5.41) is 8.72. The van der Waals surface area contributed by atoms with Gasteiger partial charge in [-0.05, 0) is 28.8 Å². The summed E-state index contributed by atoms with van der Waals surface area (Å²) in [6, 6.07) is 33.7. The summed E-state index contributed by atoms with van der Waals surface area (Å²) < 4.78 is 17.2. The van der Waals surface area contributed by atoms with Crippen molar-refractivity contribution in [1.82, 2.24) is 15.0 Å². The Morgan fingerprint density at radius 1 is 0.700 bits per heavy atom. The van der Waals surface area contributed by atoms with Gasteiger partial charge in [-0.1, -0.05) is 112 Å². The summed E-state index contributed by atoms with van der Waals surface area (Å²) >= 11 is 3.43. The van der Waals surface area contributed by atoms with Crippen molar-refractivity contribution in [2.24, 2.45) is 0 Å². The fraction of sp³-hybridized carbons (Fsp3) is 0.0400. The first-order chi connectivity index (χ1) is 14.7. The second-order valence-electron chi connectivity index (χ2n) is 7.07. The summed E-state index contributed by atoms with van der Waals surface area (Å²) in [4.78, 5) is 0. The zero-order chi connectivity index (χ0) is 20.6. The number of hydrogen-bond acceptors (Lipinski definition) is 2.